The van der Waals surface area contributed by atoms with E-state index in [1.165, 1.54) is 30.5 Å². The first-order chi connectivity index (χ1) is 9.90. The highest BCUT2D eigenvalue weighted by Crippen LogP contribution is 2.33. The van der Waals surface area contributed by atoms with E-state index in [1.807, 2.05) is 6.07 Å². The first-order valence-electron chi connectivity index (χ1n) is 8.18. The fourth-order valence-electron chi connectivity index (χ4n) is 2.98. The Morgan fingerprint density at radius 2 is 1.90 bits per heavy atom. The Labute approximate surface area is 134 Å². The number of benzene rings is 1. The Bertz CT molecular complexity index is 457. The molecule has 0 aromatic heterocycles. The van der Waals surface area contributed by atoms with Crippen molar-refractivity contribution < 1.29 is 0 Å². The van der Waals surface area contributed by atoms with Crippen molar-refractivity contribution in [3.05, 3.63) is 28.8 Å². The topological polar surface area (TPSA) is 15.3 Å². The average Bonchev–Trinajstić information content (AvgIpc) is 2.44. The Morgan fingerprint density at radius 1 is 1.24 bits per heavy atom. The van der Waals surface area contributed by atoms with E-state index in [0.29, 0.717) is 0 Å². The fraction of sp³-hybridized carbons (Fsp3) is 0.667. The molecule has 2 rings (SSSR count). The highest BCUT2D eigenvalue weighted by molar-refractivity contribution is 6.33. The van der Waals surface area contributed by atoms with Crippen molar-refractivity contribution in [2.75, 3.05) is 18.0 Å². The second kappa shape index (κ2) is 7.02. The fourth-order valence-corrected chi connectivity index (χ4v) is 3.30. The van der Waals surface area contributed by atoms with Crippen molar-refractivity contribution in [3.8, 4) is 0 Å². The van der Waals surface area contributed by atoms with Gasteiger partial charge in [0, 0.05) is 25.2 Å². The van der Waals surface area contributed by atoms with E-state index in [2.05, 4.69) is 50.0 Å². The van der Waals surface area contributed by atoms with Gasteiger partial charge in [-0.3, -0.25) is 0 Å². The van der Waals surface area contributed by atoms with E-state index < -0.39 is 0 Å². The van der Waals surface area contributed by atoms with Crippen LogP contribution in [-0.2, 0) is 6.54 Å². The molecule has 0 amide bonds. The average molecular weight is 309 g/mol. The SMILES string of the molecule is CCC1CCN(c2c(Cl)cccc2CNC(C)(C)C)CC1. The molecule has 1 aromatic carbocycles. The van der Waals surface area contributed by atoms with E-state index in [0.717, 1.165) is 30.6 Å². The van der Waals surface area contributed by atoms with Crippen molar-refractivity contribution in [1.82, 2.24) is 5.32 Å². The number of anilines is 1. The second-order valence-corrected chi connectivity index (χ2v) is 7.60. The number of piperidine rings is 1. The summed E-state index contributed by atoms with van der Waals surface area (Å²) in [4.78, 5) is 2.48. The summed E-state index contributed by atoms with van der Waals surface area (Å²) in [7, 11) is 0. The maximum atomic E-state index is 6.51. The van der Waals surface area contributed by atoms with Gasteiger partial charge < -0.3 is 10.2 Å². The Hall–Kier alpha value is -0.730. The van der Waals surface area contributed by atoms with Gasteiger partial charge in [0.05, 0.1) is 10.7 Å². The van der Waals surface area contributed by atoms with Crippen molar-refractivity contribution in [1.29, 1.82) is 0 Å². The minimum absolute atomic E-state index is 0.120. The van der Waals surface area contributed by atoms with Crippen molar-refractivity contribution >= 4 is 17.3 Å². The first-order valence-corrected chi connectivity index (χ1v) is 8.56. The maximum Gasteiger partial charge on any atom is 0.0642 e. The van der Waals surface area contributed by atoms with Gasteiger partial charge in [0.2, 0.25) is 0 Å². The number of halogens is 1. The predicted molar refractivity (Wildman–Crippen MR) is 93.3 cm³/mol. The lowest BCUT2D eigenvalue weighted by Gasteiger charge is -2.35. The molecule has 1 fully saturated rings. The molecule has 1 aromatic rings. The number of hydrogen-bond donors (Lipinski definition) is 1. The molecule has 0 saturated carbocycles. The largest absolute Gasteiger partial charge is 0.370 e. The van der Waals surface area contributed by atoms with Crippen LogP contribution in [0.25, 0.3) is 0 Å². The molecule has 1 aliphatic rings. The van der Waals surface area contributed by atoms with Crippen LogP contribution in [-0.4, -0.2) is 18.6 Å². The van der Waals surface area contributed by atoms with Crippen LogP contribution in [0.3, 0.4) is 0 Å². The molecule has 0 unspecified atom stereocenters. The Morgan fingerprint density at radius 3 is 2.48 bits per heavy atom. The van der Waals surface area contributed by atoms with Gasteiger partial charge in [0.25, 0.3) is 0 Å². The smallest absolute Gasteiger partial charge is 0.0642 e. The number of rotatable bonds is 4. The lowest BCUT2D eigenvalue weighted by molar-refractivity contribution is 0.393. The quantitative estimate of drug-likeness (QED) is 0.855. The summed E-state index contributed by atoms with van der Waals surface area (Å²) in [5.74, 6) is 0.889. The zero-order valence-electron chi connectivity index (χ0n) is 13.9. The van der Waals surface area contributed by atoms with Gasteiger partial charge >= 0.3 is 0 Å². The maximum absolute atomic E-state index is 6.51. The molecule has 0 atom stereocenters. The monoisotopic (exact) mass is 308 g/mol. The van der Waals surface area contributed by atoms with Gasteiger partial charge in [-0.1, -0.05) is 37.1 Å². The molecule has 21 heavy (non-hydrogen) atoms. The van der Waals surface area contributed by atoms with Gasteiger partial charge in [-0.25, -0.2) is 0 Å². The van der Waals surface area contributed by atoms with Crippen molar-refractivity contribution in [2.45, 2.75) is 59.0 Å². The lowest BCUT2D eigenvalue weighted by atomic mass is 9.93. The Balaban J connectivity index is 2.14. The minimum Gasteiger partial charge on any atom is -0.370 e. The summed E-state index contributed by atoms with van der Waals surface area (Å²) in [6, 6.07) is 6.28. The molecular formula is C18H29ClN2. The van der Waals surface area contributed by atoms with Crippen LogP contribution >= 0.6 is 11.6 Å². The van der Waals surface area contributed by atoms with Crippen LogP contribution < -0.4 is 10.2 Å². The summed E-state index contributed by atoms with van der Waals surface area (Å²) >= 11 is 6.51. The van der Waals surface area contributed by atoms with E-state index in [1.54, 1.807) is 0 Å². The molecule has 1 aliphatic heterocycles. The van der Waals surface area contributed by atoms with Crippen LogP contribution in [0.1, 0.15) is 52.5 Å². The molecule has 118 valence electrons. The lowest BCUT2D eigenvalue weighted by Crippen LogP contribution is -2.37. The van der Waals surface area contributed by atoms with Gasteiger partial charge in [-0.05, 0) is 51.2 Å². The van der Waals surface area contributed by atoms with Crippen LogP contribution in [0.5, 0.6) is 0 Å². The molecule has 0 aliphatic carbocycles. The normalized spacial score (nSPS) is 17.3. The van der Waals surface area contributed by atoms with Crippen LogP contribution in [0.4, 0.5) is 5.69 Å². The molecule has 1 heterocycles. The van der Waals surface area contributed by atoms with Crippen LogP contribution in [0, 0.1) is 5.92 Å². The second-order valence-electron chi connectivity index (χ2n) is 7.19. The van der Waals surface area contributed by atoms with Crippen molar-refractivity contribution in [2.24, 2.45) is 5.92 Å². The van der Waals surface area contributed by atoms with E-state index in [-0.39, 0.29) is 5.54 Å². The summed E-state index contributed by atoms with van der Waals surface area (Å²) in [5.41, 5.74) is 2.67. The number of para-hydroxylation sites is 1. The third kappa shape index (κ3) is 4.62. The first kappa shape index (κ1) is 16.6. The van der Waals surface area contributed by atoms with Gasteiger partial charge in [-0.2, -0.15) is 0 Å². The molecule has 0 radical (unpaired) electrons. The summed E-state index contributed by atoms with van der Waals surface area (Å²) in [5, 5.41) is 4.47. The van der Waals surface area contributed by atoms with Crippen LogP contribution in [0.15, 0.2) is 18.2 Å². The van der Waals surface area contributed by atoms with Gasteiger partial charge in [0.15, 0.2) is 0 Å². The number of hydrogen-bond acceptors (Lipinski definition) is 2. The molecule has 0 bridgehead atoms. The predicted octanol–water partition coefficient (Wildman–Crippen LogP) is 4.85. The van der Waals surface area contributed by atoms with E-state index in [4.69, 9.17) is 11.6 Å². The molecule has 1 N–H and O–H groups in total. The van der Waals surface area contributed by atoms with E-state index in [9.17, 15) is 0 Å². The molecule has 3 heteroatoms. The number of nitrogens with one attached hydrogen (secondary N) is 1. The zero-order chi connectivity index (χ0) is 15.5. The van der Waals surface area contributed by atoms with Gasteiger partial charge in [0.1, 0.15) is 0 Å². The van der Waals surface area contributed by atoms with E-state index >= 15 is 0 Å². The Kier molecular flexibility index (Phi) is 5.56. The number of nitrogens with zero attached hydrogens (tertiary/aromatic N) is 1. The molecule has 1 saturated heterocycles. The van der Waals surface area contributed by atoms with Crippen LogP contribution in [0.2, 0.25) is 5.02 Å². The third-order valence-electron chi connectivity index (χ3n) is 4.39. The molecular weight excluding hydrogens is 280 g/mol. The minimum atomic E-state index is 0.120. The third-order valence-corrected chi connectivity index (χ3v) is 4.69. The zero-order valence-corrected chi connectivity index (χ0v) is 14.6. The highest BCUT2D eigenvalue weighted by Gasteiger charge is 2.22. The van der Waals surface area contributed by atoms with Gasteiger partial charge in [-0.15, -0.1) is 0 Å². The summed E-state index contributed by atoms with van der Waals surface area (Å²) in [6.07, 6.45) is 3.87. The summed E-state index contributed by atoms with van der Waals surface area (Å²) < 4.78 is 0. The molecule has 2 nitrogen and oxygen atoms in total. The van der Waals surface area contributed by atoms with Crippen molar-refractivity contribution in [3.63, 3.8) is 0 Å². The molecule has 0 spiro atoms. The highest BCUT2D eigenvalue weighted by atomic mass is 35.5. The standard InChI is InChI=1S/C18H29ClN2/c1-5-14-9-11-21(12-10-14)17-15(7-6-8-16(17)19)13-20-18(2,3)4/h6-8,14,20H,5,9-13H2,1-4H3. The summed E-state index contributed by atoms with van der Waals surface area (Å²) in [6.45, 7) is 12.0.